The van der Waals surface area contributed by atoms with Crippen LogP contribution in [0.5, 0.6) is 0 Å². The molecule has 3 rings (SSSR count). The Hall–Kier alpha value is -2.67. The Morgan fingerprint density at radius 1 is 0.920 bits per heavy atom. The van der Waals surface area contributed by atoms with Crippen LogP contribution in [0.3, 0.4) is 0 Å². The number of anilines is 3. The Bertz CT molecular complexity index is 723. The van der Waals surface area contributed by atoms with Crippen molar-refractivity contribution in [3.05, 3.63) is 54.1 Å². The summed E-state index contributed by atoms with van der Waals surface area (Å²) in [6.45, 7) is 3.93. The third-order valence-electron chi connectivity index (χ3n) is 4.19. The lowest BCUT2D eigenvalue weighted by Crippen LogP contribution is -2.44. The smallest absolute Gasteiger partial charge is 0.323 e. The second-order valence-electron chi connectivity index (χ2n) is 6.01. The van der Waals surface area contributed by atoms with Gasteiger partial charge in [-0.1, -0.05) is 6.07 Å². The van der Waals surface area contributed by atoms with Crippen LogP contribution >= 0.6 is 0 Å². The number of halogens is 2. The first-order valence-electron chi connectivity index (χ1n) is 8.08. The molecule has 2 amide bonds. The molecule has 0 unspecified atom stereocenters. The average Bonchev–Trinajstić information content (AvgIpc) is 2.60. The fourth-order valence-electron chi connectivity index (χ4n) is 2.71. The van der Waals surface area contributed by atoms with Gasteiger partial charge in [0.05, 0.1) is 0 Å². The summed E-state index contributed by atoms with van der Waals surface area (Å²) < 4.78 is 27.1. The van der Waals surface area contributed by atoms with Crippen LogP contribution in [0, 0.1) is 11.6 Å². The van der Waals surface area contributed by atoms with Crippen molar-refractivity contribution >= 4 is 23.1 Å². The highest BCUT2D eigenvalue weighted by molar-refractivity contribution is 6.00. The van der Waals surface area contributed by atoms with Crippen molar-refractivity contribution in [1.82, 2.24) is 4.90 Å². The van der Waals surface area contributed by atoms with Gasteiger partial charge in [0.25, 0.3) is 0 Å². The number of nitrogens with one attached hydrogen (secondary N) is 2. The predicted octanol–water partition coefficient (Wildman–Crippen LogP) is 3.36. The summed E-state index contributed by atoms with van der Waals surface area (Å²) >= 11 is 0. The minimum Gasteiger partial charge on any atom is -0.369 e. The fourth-order valence-corrected chi connectivity index (χ4v) is 2.71. The van der Waals surface area contributed by atoms with Gasteiger partial charge in [0.15, 0.2) is 0 Å². The Balaban J connectivity index is 1.60. The van der Waals surface area contributed by atoms with Crippen LogP contribution in [-0.2, 0) is 0 Å². The van der Waals surface area contributed by atoms with Crippen LogP contribution < -0.4 is 15.5 Å². The van der Waals surface area contributed by atoms with Gasteiger partial charge in [-0.3, -0.25) is 0 Å². The number of benzene rings is 2. The molecule has 1 heterocycles. The van der Waals surface area contributed by atoms with Gasteiger partial charge in [0.1, 0.15) is 17.3 Å². The van der Waals surface area contributed by atoms with E-state index in [1.165, 1.54) is 6.07 Å². The van der Waals surface area contributed by atoms with E-state index >= 15 is 0 Å². The van der Waals surface area contributed by atoms with Crippen molar-refractivity contribution in [1.29, 1.82) is 0 Å². The summed E-state index contributed by atoms with van der Waals surface area (Å²) in [6.07, 6.45) is 0. The van der Waals surface area contributed by atoms with E-state index in [2.05, 4.69) is 27.5 Å². The van der Waals surface area contributed by atoms with E-state index in [0.29, 0.717) is 5.69 Å². The first kappa shape index (κ1) is 17.2. The highest BCUT2D eigenvalue weighted by Gasteiger charge is 2.15. The maximum absolute atomic E-state index is 13.5. The molecule has 1 aliphatic rings. The largest absolute Gasteiger partial charge is 0.369 e. The van der Waals surface area contributed by atoms with Gasteiger partial charge in [-0.05, 0) is 43.4 Å². The molecule has 0 atom stereocenters. The summed E-state index contributed by atoms with van der Waals surface area (Å²) in [5, 5.41) is 4.77. The average molecular weight is 346 g/mol. The monoisotopic (exact) mass is 346 g/mol. The highest BCUT2D eigenvalue weighted by Crippen LogP contribution is 2.21. The number of carbonyl (C=O) groups excluding carboxylic acids is 1. The summed E-state index contributed by atoms with van der Waals surface area (Å²) in [6, 6.07) is 10.1. The number of urea groups is 1. The van der Waals surface area contributed by atoms with E-state index in [9.17, 15) is 13.6 Å². The zero-order valence-corrected chi connectivity index (χ0v) is 13.9. The van der Waals surface area contributed by atoms with Gasteiger partial charge in [-0.25, -0.2) is 13.6 Å². The quantitative estimate of drug-likeness (QED) is 0.896. The minimum absolute atomic E-state index is 0.464. The number of likely N-dealkylation sites (N-methyl/N-ethyl adjacent to an activating group) is 1. The lowest BCUT2D eigenvalue weighted by Gasteiger charge is -2.34. The molecule has 0 aromatic heterocycles. The third-order valence-corrected chi connectivity index (χ3v) is 4.19. The molecule has 2 aromatic carbocycles. The number of piperazine rings is 1. The summed E-state index contributed by atoms with van der Waals surface area (Å²) in [4.78, 5) is 16.5. The van der Waals surface area contributed by atoms with Crippen molar-refractivity contribution in [2.45, 2.75) is 0 Å². The van der Waals surface area contributed by atoms with Crippen LogP contribution in [-0.4, -0.2) is 44.2 Å². The Kier molecular flexibility index (Phi) is 5.14. The first-order valence-corrected chi connectivity index (χ1v) is 8.08. The molecule has 1 fully saturated rings. The molecular formula is C18H20F2N4O. The van der Waals surface area contributed by atoms with Crippen LogP contribution in [0.15, 0.2) is 42.5 Å². The van der Waals surface area contributed by atoms with Gasteiger partial charge < -0.3 is 20.4 Å². The van der Waals surface area contributed by atoms with E-state index in [1.807, 2.05) is 12.1 Å². The topological polar surface area (TPSA) is 47.6 Å². The first-order chi connectivity index (χ1) is 12.0. The van der Waals surface area contributed by atoms with E-state index in [4.69, 9.17) is 0 Å². The highest BCUT2D eigenvalue weighted by atomic mass is 19.1. The molecule has 5 nitrogen and oxygen atoms in total. The molecule has 7 heteroatoms. The normalized spacial score (nSPS) is 15.1. The van der Waals surface area contributed by atoms with Crippen LogP contribution in [0.4, 0.5) is 30.6 Å². The van der Waals surface area contributed by atoms with Gasteiger partial charge >= 0.3 is 6.03 Å². The number of carbonyl (C=O) groups is 1. The molecule has 0 spiro atoms. The molecule has 25 heavy (non-hydrogen) atoms. The molecule has 0 radical (unpaired) electrons. The molecule has 0 saturated carbocycles. The third kappa shape index (κ3) is 4.24. The number of amides is 2. The minimum atomic E-state index is -0.819. The summed E-state index contributed by atoms with van der Waals surface area (Å²) in [5.74, 6) is -1.64. The Morgan fingerprint density at radius 2 is 1.52 bits per heavy atom. The lowest BCUT2D eigenvalue weighted by molar-refractivity contribution is 0.262. The van der Waals surface area contributed by atoms with Crippen molar-refractivity contribution in [3.8, 4) is 0 Å². The van der Waals surface area contributed by atoms with Gasteiger partial charge in [-0.15, -0.1) is 0 Å². The molecule has 2 N–H and O–H groups in total. The maximum atomic E-state index is 13.5. The van der Waals surface area contributed by atoms with Gasteiger partial charge in [-0.2, -0.15) is 0 Å². The number of hydrogen-bond donors (Lipinski definition) is 2. The lowest BCUT2D eigenvalue weighted by atomic mass is 10.2. The van der Waals surface area contributed by atoms with Crippen molar-refractivity contribution in [3.63, 3.8) is 0 Å². The molecule has 1 saturated heterocycles. The molecule has 132 valence electrons. The van der Waals surface area contributed by atoms with E-state index in [1.54, 1.807) is 12.1 Å². The standard InChI is InChI=1S/C18H20F2N4O/c1-23-9-11-24(12-10-23)14-7-5-13(6-8-14)21-18(25)22-17-15(19)3-2-4-16(17)20/h2-8H,9-12H2,1H3,(H2,21,22,25). The molecule has 1 aliphatic heterocycles. The Morgan fingerprint density at radius 3 is 2.12 bits per heavy atom. The predicted molar refractivity (Wildman–Crippen MR) is 95.2 cm³/mol. The summed E-state index contributed by atoms with van der Waals surface area (Å²) in [5.41, 5.74) is 1.17. The number of hydrogen-bond acceptors (Lipinski definition) is 3. The number of nitrogens with zero attached hydrogens (tertiary/aromatic N) is 2. The van der Waals surface area contributed by atoms with Crippen molar-refractivity contribution in [2.24, 2.45) is 0 Å². The van der Waals surface area contributed by atoms with Gasteiger partial charge in [0, 0.05) is 37.6 Å². The van der Waals surface area contributed by atoms with Crippen LogP contribution in [0.25, 0.3) is 0 Å². The Labute approximate surface area is 145 Å². The molecule has 0 bridgehead atoms. The van der Waals surface area contributed by atoms with Crippen molar-refractivity contribution in [2.75, 3.05) is 48.8 Å². The number of rotatable bonds is 3. The SMILES string of the molecule is CN1CCN(c2ccc(NC(=O)Nc3c(F)cccc3F)cc2)CC1. The van der Waals surface area contributed by atoms with Crippen LogP contribution in [0.2, 0.25) is 0 Å². The van der Waals surface area contributed by atoms with E-state index in [0.717, 1.165) is 44.0 Å². The zero-order valence-electron chi connectivity index (χ0n) is 13.9. The fraction of sp³-hybridized carbons (Fsp3) is 0.278. The van der Waals surface area contributed by atoms with Gasteiger partial charge in [0.2, 0.25) is 0 Å². The van der Waals surface area contributed by atoms with E-state index < -0.39 is 23.4 Å². The maximum Gasteiger partial charge on any atom is 0.323 e. The molecule has 0 aliphatic carbocycles. The molecular weight excluding hydrogens is 326 g/mol. The molecule has 2 aromatic rings. The van der Waals surface area contributed by atoms with Crippen LogP contribution in [0.1, 0.15) is 0 Å². The summed E-state index contributed by atoms with van der Waals surface area (Å²) in [7, 11) is 2.10. The second-order valence-corrected chi connectivity index (χ2v) is 6.01. The second kappa shape index (κ2) is 7.48. The van der Waals surface area contributed by atoms with E-state index in [-0.39, 0.29) is 0 Å². The number of para-hydroxylation sites is 1. The van der Waals surface area contributed by atoms with Crippen molar-refractivity contribution < 1.29 is 13.6 Å². The zero-order chi connectivity index (χ0) is 17.8.